The van der Waals surface area contributed by atoms with Crippen molar-refractivity contribution >= 4 is 23.6 Å². The van der Waals surface area contributed by atoms with Crippen LogP contribution >= 0.6 is 0 Å². The summed E-state index contributed by atoms with van der Waals surface area (Å²) < 4.78 is 13.2. The number of nitrogens with one attached hydrogen (secondary N) is 3. The fourth-order valence-corrected chi connectivity index (χ4v) is 5.19. The summed E-state index contributed by atoms with van der Waals surface area (Å²) in [6, 6.07) is 12.8. The van der Waals surface area contributed by atoms with Gasteiger partial charge in [-0.2, -0.15) is 0 Å². The second kappa shape index (κ2) is 12.8. The van der Waals surface area contributed by atoms with Gasteiger partial charge in [-0.05, 0) is 56.5 Å². The monoisotopic (exact) mass is 537 g/mol. The molecule has 0 spiro atoms. The van der Waals surface area contributed by atoms with E-state index in [4.69, 9.17) is 0 Å². The maximum absolute atomic E-state index is 13.9. The molecule has 2 aromatic rings. The number of nitrogens with zero attached hydrogens (tertiary/aromatic N) is 2. The number of hydrogen-bond donors (Lipinski definition) is 3. The van der Waals surface area contributed by atoms with Gasteiger partial charge < -0.3 is 25.8 Å². The second-order valence-electron chi connectivity index (χ2n) is 10.2. The van der Waals surface area contributed by atoms with Crippen molar-refractivity contribution in [3.8, 4) is 0 Å². The summed E-state index contributed by atoms with van der Waals surface area (Å²) in [6.07, 6.45) is 1.85. The van der Waals surface area contributed by atoms with Crippen LogP contribution in [0.3, 0.4) is 0 Å². The Kier molecular flexibility index (Phi) is 9.29. The minimum atomic E-state index is -0.985. The number of fused-ring (bicyclic) bond motifs is 1. The fourth-order valence-electron chi connectivity index (χ4n) is 5.19. The van der Waals surface area contributed by atoms with Gasteiger partial charge in [0.25, 0.3) is 0 Å². The van der Waals surface area contributed by atoms with Crippen LogP contribution < -0.4 is 16.0 Å². The molecule has 3 N–H and O–H groups in total. The van der Waals surface area contributed by atoms with E-state index in [1.807, 2.05) is 30.3 Å². The quantitative estimate of drug-likeness (QED) is 0.471. The average Bonchev–Trinajstić information content (AvgIpc) is 3.36. The first-order valence-corrected chi connectivity index (χ1v) is 13.4. The van der Waals surface area contributed by atoms with Crippen LogP contribution in [0.25, 0.3) is 0 Å². The Morgan fingerprint density at radius 2 is 1.72 bits per heavy atom. The molecule has 0 aromatic heterocycles. The molecule has 4 amide bonds. The zero-order valence-electron chi connectivity index (χ0n) is 22.4. The molecule has 39 heavy (non-hydrogen) atoms. The molecule has 0 radical (unpaired) electrons. The molecule has 2 saturated heterocycles. The van der Waals surface area contributed by atoms with E-state index < -0.39 is 18.1 Å². The zero-order valence-corrected chi connectivity index (χ0v) is 22.4. The Hall–Kier alpha value is -3.79. The molecule has 2 aliphatic heterocycles. The number of carbonyl (C=O) groups is 4. The van der Waals surface area contributed by atoms with Gasteiger partial charge in [0.15, 0.2) is 0 Å². The minimum Gasteiger partial charge on any atom is -0.350 e. The summed E-state index contributed by atoms with van der Waals surface area (Å²) >= 11 is 0. The third-order valence-electron chi connectivity index (χ3n) is 7.57. The van der Waals surface area contributed by atoms with Crippen LogP contribution in [-0.4, -0.2) is 77.7 Å². The number of hydrogen-bond acceptors (Lipinski definition) is 5. The number of likely N-dealkylation sites (N-methyl/N-ethyl adjacent to an activating group) is 1. The van der Waals surface area contributed by atoms with Crippen molar-refractivity contribution in [3.63, 3.8) is 0 Å². The summed E-state index contributed by atoms with van der Waals surface area (Å²) in [7, 11) is 1.65. The second-order valence-corrected chi connectivity index (χ2v) is 10.2. The van der Waals surface area contributed by atoms with Gasteiger partial charge in [0.2, 0.25) is 23.6 Å². The molecule has 0 unspecified atom stereocenters. The zero-order chi connectivity index (χ0) is 27.9. The van der Waals surface area contributed by atoms with Crippen molar-refractivity contribution in [1.29, 1.82) is 0 Å². The van der Waals surface area contributed by atoms with Crippen LogP contribution in [0.1, 0.15) is 37.3 Å². The highest BCUT2D eigenvalue weighted by Crippen LogP contribution is 2.29. The number of halogens is 1. The largest absolute Gasteiger partial charge is 0.350 e. The SMILES string of the molecule is CN[C@@H](C)C(=O)N[C@H]1CN(C(=O)Cc2ccccc2)CC[C@H]2CC[C@@H](C(=O)NCc3ccc(F)cc3)N2C1=O. The Morgan fingerprint density at radius 1 is 1.00 bits per heavy atom. The molecule has 2 fully saturated rings. The van der Waals surface area contributed by atoms with E-state index in [1.165, 1.54) is 12.1 Å². The van der Waals surface area contributed by atoms with Crippen molar-refractivity contribution in [3.05, 3.63) is 71.5 Å². The lowest BCUT2D eigenvalue weighted by Gasteiger charge is -2.39. The Bertz CT molecular complexity index is 1180. The summed E-state index contributed by atoms with van der Waals surface area (Å²) in [5.74, 6) is -1.49. The lowest BCUT2D eigenvalue weighted by atomic mass is 10.0. The van der Waals surface area contributed by atoms with E-state index in [9.17, 15) is 23.6 Å². The third kappa shape index (κ3) is 7.00. The van der Waals surface area contributed by atoms with Gasteiger partial charge in [0.05, 0.1) is 12.5 Å². The molecule has 208 valence electrons. The van der Waals surface area contributed by atoms with Crippen LogP contribution in [0.4, 0.5) is 4.39 Å². The first-order valence-electron chi connectivity index (χ1n) is 13.4. The summed E-state index contributed by atoms with van der Waals surface area (Å²) in [4.78, 5) is 56.4. The van der Waals surface area contributed by atoms with E-state index in [1.54, 1.807) is 35.9 Å². The molecule has 2 heterocycles. The minimum absolute atomic E-state index is 0.0276. The van der Waals surface area contributed by atoms with Gasteiger partial charge in [0, 0.05) is 25.7 Å². The van der Waals surface area contributed by atoms with Crippen LogP contribution in [0, 0.1) is 5.82 Å². The molecular weight excluding hydrogens is 501 g/mol. The Labute approximate surface area is 228 Å². The van der Waals surface area contributed by atoms with Gasteiger partial charge in [-0.1, -0.05) is 42.5 Å². The Morgan fingerprint density at radius 3 is 2.41 bits per heavy atom. The van der Waals surface area contributed by atoms with Crippen molar-refractivity contribution in [2.45, 2.75) is 63.3 Å². The van der Waals surface area contributed by atoms with E-state index >= 15 is 0 Å². The van der Waals surface area contributed by atoms with Gasteiger partial charge >= 0.3 is 0 Å². The van der Waals surface area contributed by atoms with E-state index in [0.717, 1.165) is 11.1 Å². The predicted molar refractivity (Wildman–Crippen MR) is 144 cm³/mol. The molecule has 2 aromatic carbocycles. The lowest BCUT2D eigenvalue weighted by molar-refractivity contribution is -0.147. The number of amides is 4. The van der Waals surface area contributed by atoms with E-state index in [-0.39, 0.29) is 55.0 Å². The highest BCUT2D eigenvalue weighted by atomic mass is 19.1. The normalized spacial score (nSPS) is 21.9. The van der Waals surface area contributed by atoms with E-state index in [2.05, 4.69) is 16.0 Å². The molecule has 0 aliphatic carbocycles. The highest BCUT2D eigenvalue weighted by molar-refractivity contribution is 5.94. The molecule has 4 rings (SSSR count). The summed E-state index contributed by atoms with van der Waals surface area (Å²) in [5.41, 5.74) is 1.62. The lowest BCUT2D eigenvalue weighted by Crippen LogP contribution is -2.62. The maximum atomic E-state index is 13.9. The highest BCUT2D eigenvalue weighted by Gasteiger charge is 2.45. The number of benzene rings is 2. The van der Waals surface area contributed by atoms with Crippen LogP contribution in [0.5, 0.6) is 0 Å². The molecular formula is C29H36FN5O4. The van der Waals surface area contributed by atoms with Crippen LogP contribution in [0.15, 0.2) is 54.6 Å². The maximum Gasteiger partial charge on any atom is 0.247 e. The molecule has 4 atom stereocenters. The topological polar surface area (TPSA) is 111 Å². The first kappa shape index (κ1) is 28.2. The molecule has 2 aliphatic rings. The molecule has 0 bridgehead atoms. The number of carbonyl (C=O) groups excluding carboxylic acids is 4. The van der Waals surface area contributed by atoms with E-state index in [0.29, 0.717) is 25.8 Å². The Balaban J connectivity index is 1.51. The van der Waals surface area contributed by atoms with Gasteiger partial charge in [-0.25, -0.2) is 4.39 Å². The van der Waals surface area contributed by atoms with Crippen LogP contribution in [-0.2, 0) is 32.1 Å². The molecule has 9 nitrogen and oxygen atoms in total. The van der Waals surface area contributed by atoms with Gasteiger partial charge in [-0.15, -0.1) is 0 Å². The smallest absolute Gasteiger partial charge is 0.247 e. The molecule has 10 heteroatoms. The van der Waals surface area contributed by atoms with Crippen molar-refractivity contribution in [1.82, 2.24) is 25.8 Å². The summed E-state index contributed by atoms with van der Waals surface area (Å²) in [5, 5.41) is 8.56. The first-order chi connectivity index (χ1) is 18.8. The van der Waals surface area contributed by atoms with Crippen LogP contribution in [0.2, 0.25) is 0 Å². The fraction of sp³-hybridized carbons (Fsp3) is 0.448. The van der Waals surface area contributed by atoms with Gasteiger partial charge in [0.1, 0.15) is 17.9 Å². The third-order valence-corrected chi connectivity index (χ3v) is 7.57. The average molecular weight is 538 g/mol. The van der Waals surface area contributed by atoms with Crippen molar-refractivity contribution in [2.24, 2.45) is 0 Å². The standard InChI is InChI=1S/C29H36FN5O4/c1-19(31-2)27(37)33-24-18-34(26(36)16-20-6-4-3-5-7-20)15-14-23-12-13-25(35(23)29(24)39)28(38)32-17-21-8-10-22(30)11-9-21/h3-11,19,23-25,31H,12-18H2,1-2H3,(H,32,38)(H,33,37)/t19-,23+,24-,25-/m0/s1. The van der Waals surface area contributed by atoms with Crippen molar-refractivity contribution < 1.29 is 23.6 Å². The summed E-state index contributed by atoms with van der Waals surface area (Å²) in [6.45, 7) is 2.34. The van der Waals surface area contributed by atoms with Gasteiger partial charge in [-0.3, -0.25) is 19.2 Å². The van der Waals surface area contributed by atoms with Crippen molar-refractivity contribution in [2.75, 3.05) is 20.1 Å². The number of rotatable bonds is 8. The molecule has 0 saturated carbocycles. The predicted octanol–water partition coefficient (Wildman–Crippen LogP) is 1.37.